The Hall–Kier alpha value is -4.30. The summed E-state index contributed by atoms with van der Waals surface area (Å²) in [6.07, 6.45) is 2.40. The number of Topliss-reactive ketones (excluding diaryl/α,β-unsaturated/α-hetero) is 2. The minimum Gasteiger partial charge on any atom is -0.481 e. The van der Waals surface area contributed by atoms with Crippen LogP contribution in [0.1, 0.15) is 68.6 Å². The minimum absolute atomic E-state index is 0. The molecule has 0 saturated heterocycles. The van der Waals surface area contributed by atoms with Crippen LogP contribution in [-0.2, 0) is 66.8 Å². The Labute approximate surface area is 404 Å². The van der Waals surface area contributed by atoms with E-state index >= 15 is 0 Å². The van der Waals surface area contributed by atoms with E-state index in [-0.39, 0.29) is 105 Å². The van der Waals surface area contributed by atoms with E-state index in [0.717, 1.165) is 10.1 Å². The fourth-order valence-electron chi connectivity index (χ4n) is 5.01. The van der Waals surface area contributed by atoms with Crippen LogP contribution in [-0.4, -0.2) is 145 Å². The summed E-state index contributed by atoms with van der Waals surface area (Å²) in [6, 6.07) is 9.18. The summed E-state index contributed by atoms with van der Waals surface area (Å²) in [5, 5.41) is 20.4. The van der Waals surface area contributed by atoms with Gasteiger partial charge < -0.3 is 50.1 Å². The number of carbonyl (C=O) groups excluding carboxylic acids is 6. The topological polar surface area (TPSA) is 310 Å². The normalized spacial score (nSPS) is 12.7. The number of ketones is 2. The maximum atomic E-state index is 12.2. The third kappa shape index (κ3) is 30.8. The van der Waals surface area contributed by atoms with Gasteiger partial charge in [-0.1, -0.05) is 33.7 Å². The third-order valence-electron chi connectivity index (χ3n) is 8.66. The number of carboxylic acid groups (broad SMARTS) is 2. The van der Waals surface area contributed by atoms with Gasteiger partial charge in [-0.2, -0.15) is 0 Å². The molecule has 2 heterocycles. The van der Waals surface area contributed by atoms with E-state index in [1.165, 1.54) is 57.4 Å². The molecule has 0 bridgehead atoms. The number of methoxy groups -OCH3 is 2. The number of aliphatic carboxylic acids is 2. The fourth-order valence-corrected chi connectivity index (χ4v) is 8.42. The molecule has 372 valence electrons. The molecule has 20 nitrogen and oxygen atoms in total. The molecule has 6 N–H and O–H groups in total. The number of hydrogen-bond donors (Lipinski definition) is 4. The lowest BCUT2D eigenvalue weighted by molar-refractivity contribution is -0.148. The quantitative estimate of drug-likeness (QED) is 0.0311. The van der Waals surface area contributed by atoms with Crippen molar-refractivity contribution in [2.75, 3.05) is 65.4 Å². The zero-order valence-corrected chi connectivity index (χ0v) is 40.2. The summed E-state index contributed by atoms with van der Waals surface area (Å²) in [5.74, 6) is -6.43. The highest BCUT2D eigenvalue weighted by atomic mass is 33.1. The predicted molar refractivity (Wildman–Crippen MR) is 251 cm³/mol. The van der Waals surface area contributed by atoms with Crippen LogP contribution in [0.5, 0.6) is 0 Å². The average molecular weight is 1010 g/mol. The summed E-state index contributed by atoms with van der Waals surface area (Å²) in [4.78, 5) is 103. The van der Waals surface area contributed by atoms with Gasteiger partial charge in [0.2, 0.25) is 0 Å². The van der Waals surface area contributed by atoms with E-state index in [9.17, 15) is 48.6 Å². The summed E-state index contributed by atoms with van der Waals surface area (Å²) >= 11 is 0. The van der Waals surface area contributed by atoms with Gasteiger partial charge in [0.05, 0.1) is 37.1 Å². The van der Waals surface area contributed by atoms with E-state index in [1.807, 2.05) is 36.4 Å². The second kappa shape index (κ2) is 37.8. The van der Waals surface area contributed by atoms with Crippen molar-refractivity contribution in [3.63, 3.8) is 0 Å². The predicted octanol–water partition coefficient (Wildman–Crippen LogP) is 4.70. The number of rotatable bonds is 36. The molecular formula is C42H64N4O16S4. The molecule has 0 saturated carbocycles. The molecule has 0 fully saturated rings. The maximum Gasteiger partial charge on any atom is 0.306 e. The zero-order valence-electron chi connectivity index (χ0n) is 38.9. The standard InChI is InChI=1S/2C21H30N2O8S2.2H2/c2*1-29-10-11-30-20(26)8-6-16(22)17(24)14-15(21(27)28)5-7-19(25)31-12-13-32-33-18-4-2-3-9-23-18;;/h2*2-4,9,15-16H,5-8,10-14,22H2,1H3,(H,27,28);2*1H/i;;1+2D;1+2. The number of aromatic nitrogens is 2. The van der Waals surface area contributed by atoms with Crippen molar-refractivity contribution < 1.29 is 81.4 Å². The first-order valence-electron chi connectivity index (χ1n) is 21.7. The van der Waals surface area contributed by atoms with Crippen LogP contribution < -0.4 is 11.5 Å². The number of nitrogens with zero attached hydrogens (tertiary/aromatic N) is 2. The van der Waals surface area contributed by atoms with Crippen LogP contribution in [0.4, 0.5) is 0 Å². The number of nitrogens with two attached hydrogens (primary N) is 2. The van der Waals surface area contributed by atoms with Crippen LogP contribution in [0.2, 0.25) is 0 Å². The van der Waals surface area contributed by atoms with Gasteiger partial charge >= 0.3 is 35.8 Å². The summed E-state index contributed by atoms with van der Waals surface area (Å²) in [7, 11) is 8.86. The van der Waals surface area contributed by atoms with E-state index in [4.69, 9.17) is 42.9 Å². The van der Waals surface area contributed by atoms with Crippen LogP contribution in [0.15, 0.2) is 58.8 Å². The van der Waals surface area contributed by atoms with E-state index < -0.39 is 71.3 Å². The summed E-state index contributed by atoms with van der Waals surface area (Å²) in [6.45, 7) is 1.12. The molecule has 2 aromatic heterocycles. The molecule has 66 heavy (non-hydrogen) atoms. The van der Waals surface area contributed by atoms with Crippen molar-refractivity contribution in [3.8, 4) is 0 Å². The van der Waals surface area contributed by atoms with Gasteiger partial charge in [0.15, 0.2) is 0 Å². The number of esters is 4. The molecule has 0 aliphatic carbocycles. The van der Waals surface area contributed by atoms with Gasteiger partial charge in [-0.05, 0) is 71.5 Å². The third-order valence-corrected chi connectivity index (χ3v) is 13.1. The van der Waals surface area contributed by atoms with Crippen LogP contribution in [0, 0.1) is 11.8 Å². The minimum atomic E-state index is -1.19. The smallest absolute Gasteiger partial charge is 0.306 e. The Kier molecular flexibility index (Phi) is 33.1. The lowest BCUT2D eigenvalue weighted by Crippen LogP contribution is -2.34. The van der Waals surface area contributed by atoms with Gasteiger partial charge in [0.25, 0.3) is 0 Å². The Morgan fingerprint density at radius 3 is 1.24 bits per heavy atom. The SMILES string of the molecule is COCCOC(=O)CCC(N)C(=O)CC(CCC(=O)OCCSSc1ccccn1)C(=O)O.COCCOC(=O)CCC(N)C(=O)CC(CCC(=O)OCCSSc1ccccn1)C(=O)O.[2H][3H].[3HH]. The van der Waals surface area contributed by atoms with Gasteiger partial charge in [0, 0.05) is 81.0 Å². The first kappa shape index (κ1) is 57.8. The summed E-state index contributed by atoms with van der Waals surface area (Å²) < 4.78 is 39.5. The van der Waals surface area contributed by atoms with Crippen LogP contribution >= 0.6 is 43.2 Å². The molecule has 2 rings (SSSR count). The van der Waals surface area contributed by atoms with E-state index in [1.54, 1.807) is 12.4 Å². The molecule has 0 spiro atoms. The highest BCUT2D eigenvalue weighted by Crippen LogP contribution is 2.29. The van der Waals surface area contributed by atoms with Crippen molar-refractivity contribution in [1.82, 2.24) is 9.97 Å². The monoisotopic (exact) mass is 1010 g/mol. The molecule has 2 aromatic rings. The Morgan fingerprint density at radius 2 is 0.924 bits per heavy atom. The van der Waals surface area contributed by atoms with Crippen LogP contribution in [0.25, 0.3) is 0 Å². The molecule has 0 radical (unpaired) electrons. The largest absolute Gasteiger partial charge is 0.481 e. The lowest BCUT2D eigenvalue weighted by Gasteiger charge is -2.15. The van der Waals surface area contributed by atoms with Gasteiger partial charge in [-0.15, -0.1) is 0 Å². The summed E-state index contributed by atoms with van der Waals surface area (Å²) in [5.41, 5.74) is 11.6. The van der Waals surface area contributed by atoms with Crippen molar-refractivity contribution >= 4 is 90.6 Å². The molecule has 4 unspecified atom stereocenters. The van der Waals surface area contributed by atoms with Crippen molar-refractivity contribution in [2.24, 2.45) is 23.3 Å². The molecular weight excluding hydrogens is 945 g/mol. The number of ether oxygens (including phenoxy) is 6. The lowest BCUT2D eigenvalue weighted by atomic mass is 9.93. The number of hydrogen-bond acceptors (Lipinski definition) is 22. The Balaban J connectivity index is 0. The second-order valence-electron chi connectivity index (χ2n) is 13.8. The zero-order chi connectivity index (χ0) is 51.0. The first-order valence-corrected chi connectivity index (χ1v) is 25.3. The fraction of sp³-hybridized carbons (Fsp3) is 0.571. The van der Waals surface area contributed by atoms with E-state index in [0.29, 0.717) is 11.5 Å². The van der Waals surface area contributed by atoms with Crippen molar-refractivity contribution in [1.29, 1.82) is 0 Å². The van der Waals surface area contributed by atoms with Gasteiger partial charge in [-0.25, -0.2) is 9.97 Å². The van der Waals surface area contributed by atoms with Crippen LogP contribution in [0.3, 0.4) is 0 Å². The molecule has 4 atom stereocenters. The number of carboxylic acids is 2. The highest BCUT2D eigenvalue weighted by Gasteiger charge is 2.27. The van der Waals surface area contributed by atoms with Gasteiger partial charge in [-0.3, -0.25) is 38.4 Å². The Morgan fingerprint density at radius 1 is 0.576 bits per heavy atom. The molecule has 24 heteroatoms. The number of carbonyl (C=O) groups is 8. The second-order valence-corrected chi connectivity index (χ2v) is 18.7. The van der Waals surface area contributed by atoms with E-state index in [2.05, 4.69) is 9.97 Å². The molecule has 0 aromatic carbocycles. The molecule has 0 amide bonds. The first-order chi connectivity index (χ1) is 32.7. The molecule has 0 aliphatic rings. The highest BCUT2D eigenvalue weighted by molar-refractivity contribution is 8.77. The maximum absolute atomic E-state index is 12.2. The van der Waals surface area contributed by atoms with Crippen molar-refractivity contribution in [3.05, 3.63) is 48.8 Å². The molecule has 0 aliphatic heterocycles. The Bertz CT molecular complexity index is 1650. The average Bonchev–Trinajstić information content (AvgIpc) is 3.33. The number of pyridine rings is 2. The van der Waals surface area contributed by atoms with Crippen molar-refractivity contribution in [2.45, 2.75) is 86.3 Å². The van der Waals surface area contributed by atoms with Gasteiger partial charge in [0.1, 0.15) is 48.0 Å².